The number of hydrogen-bond acceptors (Lipinski definition) is 13. The van der Waals surface area contributed by atoms with Gasteiger partial charge < -0.3 is 48.5 Å². The summed E-state index contributed by atoms with van der Waals surface area (Å²) in [5.74, 6) is -4.40. The molecule has 0 unspecified atom stereocenters. The van der Waals surface area contributed by atoms with Crippen molar-refractivity contribution in [3.8, 4) is 0 Å². The summed E-state index contributed by atoms with van der Waals surface area (Å²) in [4.78, 5) is 37.3. The second-order valence-corrected chi connectivity index (χ2v) is 12.1. The fourth-order valence-electron chi connectivity index (χ4n) is 5.42. The van der Waals surface area contributed by atoms with Gasteiger partial charge in [0.15, 0.2) is 12.4 Å². The summed E-state index contributed by atoms with van der Waals surface area (Å²) in [5.41, 5.74) is -1.10. The van der Waals surface area contributed by atoms with Crippen LogP contribution in [-0.4, -0.2) is 110 Å². The smallest absolute Gasteiger partial charge is 0.330 e. The van der Waals surface area contributed by atoms with E-state index in [0.29, 0.717) is 25.9 Å². The number of aliphatic hydroxyl groups excluding tert-OH is 2. The largest absolute Gasteiger partial charge is 0.466 e. The Morgan fingerprint density at radius 2 is 1.85 bits per heavy atom. The molecule has 2 aliphatic heterocycles. The molecule has 7 atom stereocenters. The molecule has 0 aliphatic carbocycles. The van der Waals surface area contributed by atoms with Crippen LogP contribution in [0, 0.1) is 5.41 Å². The first kappa shape index (κ1) is 39.5. The summed E-state index contributed by atoms with van der Waals surface area (Å²) < 4.78 is 39.5. The molecule has 2 heterocycles. The minimum atomic E-state index is -2.21. The van der Waals surface area contributed by atoms with Gasteiger partial charge in [-0.25, -0.2) is 4.79 Å². The Balaban J connectivity index is 2.53. The van der Waals surface area contributed by atoms with Gasteiger partial charge in [0.2, 0.25) is 5.79 Å². The molecule has 0 amide bonds. The average molecular weight is 657 g/mol. The zero-order chi connectivity index (χ0) is 34.3. The van der Waals surface area contributed by atoms with Crippen LogP contribution in [0.4, 0.5) is 0 Å². The normalized spacial score (nSPS) is 33.8. The Hall–Kier alpha value is -2.65. The predicted molar refractivity (Wildman–Crippen MR) is 165 cm³/mol. The lowest BCUT2D eigenvalue weighted by atomic mass is 9.76. The molecule has 0 radical (unpaired) electrons. The van der Waals surface area contributed by atoms with E-state index in [1.165, 1.54) is 21.1 Å². The van der Waals surface area contributed by atoms with Crippen LogP contribution in [-0.2, 0) is 47.5 Å². The number of ether oxygens (including phenoxy) is 7. The van der Waals surface area contributed by atoms with Crippen LogP contribution in [0.15, 0.2) is 36.5 Å². The summed E-state index contributed by atoms with van der Waals surface area (Å²) in [6.07, 6.45) is 3.73. The van der Waals surface area contributed by atoms with Gasteiger partial charge in [-0.1, -0.05) is 26.0 Å². The Morgan fingerprint density at radius 1 is 1.13 bits per heavy atom. The van der Waals surface area contributed by atoms with Crippen molar-refractivity contribution in [3.05, 3.63) is 36.5 Å². The number of fused-ring (bicyclic) bond motifs is 2. The lowest BCUT2D eigenvalue weighted by molar-refractivity contribution is -0.283. The van der Waals surface area contributed by atoms with Gasteiger partial charge in [0.1, 0.15) is 6.10 Å². The van der Waals surface area contributed by atoms with Crippen LogP contribution in [0.5, 0.6) is 0 Å². The van der Waals surface area contributed by atoms with E-state index in [1.807, 2.05) is 0 Å². The monoisotopic (exact) mass is 656 g/mol. The lowest BCUT2D eigenvalue weighted by Gasteiger charge is -2.45. The topological polar surface area (TPSA) is 177 Å². The van der Waals surface area contributed by atoms with Crippen molar-refractivity contribution < 1.29 is 62.9 Å². The molecule has 0 aromatic carbocycles. The number of carbonyl (C=O) groups excluding carboxylic acids is 3. The third-order valence-electron chi connectivity index (χ3n) is 8.07. The number of esters is 3. The Labute approximate surface area is 271 Å². The van der Waals surface area contributed by atoms with Gasteiger partial charge in [-0.3, -0.25) is 9.59 Å². The molecule has 0 aromatic rings. The zero-order valence-corrected chi connectivity index (χ0v) is 27.7. The molecule has 13 heteroatoms. The van der Waals surface area contributed by atoms with Crippen LogP contribution in [0.3, 0.4) is 0 Å². The van der Waals surface area contributed by atoms with Crippen LogP contribution >= 0.6 is 0 Å². The zero-order valence-electron chi connectivity index (χ0n) is 27.7. The number of methoxy groups -OCH3 is 2. The first-order chi connectivity index (χ1) is 21.8. The Kier molecular flexibility index (Phi) is 16.5. The molecule has 0 saturated carbocycles. The highest BCUT2D eigenvalue weighted by Crippen LogP contribution is 2.41. The van der Waals surface area contributed by atoms with Gasteiger partial charge in [-0.2, -0.15) is 0 Å². The highest BCUT2D eigenvalue weighted by molar-refractivity contribution is 5.83. The van der Waals surface area contributed by atoms with Gasteiger partial charge in [0.25, 0.3) is 0 Å². The SMILES string of the molecule is C=CC[C@H]1C[C@H]2CCOCC[C@@H](O)CC(=O)O[C@@H](CO)CCC/C(=C\C(=O)OC)[C@H](OC(C)=O)[C@@](O)(OC)C(C)(C)/C=C/[C@H](O2)O1. The van der Waals surface area contributed by atoms with Crippen LogP contribution in [0.25, 0.3) is 0 Å². The number of hydrogen-bond donors (Lipinski definition) is 3. The van der Waals surface area contributed by atoms with E-state index >= 15 is 0 Å². The molecule has 2 aliphatic rings. The lowest BCUT2D eigenvalue weighted by Crippen LogP contribution is -2.57. The molecule has 46 heavy (non-hydrogen) atoms. The summed E-state index contributed by atoms with van der Waals surface area (Å²) in [6, 6.07) is 0. The minimum Gasteiger partial charge on any atom is -0.466 e. The highest BCUT2D eigenvalue weighted by Gasteiger charge is 2.52. The van der Waals surface area contributed by atoms with E-state index in [2.05, 4.69) is 6.58 Å². The van der Waals surface area contributed by atoms with Crippen molar-refractivity contribution in [1.82, 2.24) is 0 Å². The molecule has 1 saturated heterocycles. The van der Waals surface area contributed by atoms with E-state index in [4.69, 9.17) is 33.2 Å². The predicted octanol–water partition coefficient (Wildman–Crippen LogP) is 2.65. The molecule has 3 N–H and O–H groups in total. The first-order valence-corrected chi connectivity index (χ1v) is 15.7. The quantitative estimate of drug-likeness (QED) is 0.125. The highest BCUT2D eigenvalue weighted by atomic mass is 16.7. The van der Waals surface area contributed by atoms with E-state index in [1.54, 1.807) is 32.1 Å². The minimum absolute atomic E-state index is 0.0618. The van der Waals surface area contributed by atoms with Crippen molar-refractivity contribution in [2.45, 2.75) is 115 Å². The summed E-state index contributed by atoms with van der Waals surface area (Å²) in [6.45, 7) is 8.42. The van der Waals surface area contributed by atoms with E-state index < -0.39 is 60.3 Å². The third-order valence-corrected chi connectivity index (χ3v) is 8.07. The number of cyclic esters (lactones) is 1. The second-order valence-electron chi connectivity index (χ2n) is 12.1. The van der Waals surface area contributed by atoms with Crippen molar-refractivity contribution in [3.63, 3.8) is 0 Å². The van der Waals surface area contributed by atoms with Crippen molar-refractivity contribution in [2.24, 2.45) is 5.41 Å². The molecule has 0 aromatic heterocycles. The number of aliphatic hydroxyl groups is 3. The molecular formula is C33H52O13. The molecule has 2 rings (SSSR count). The van der Waals surface area contributed by atoms with Crippen molar-refractivity contribution in [2.75, 3.05) is 34.0 Å². The number of rotatable bonds is 6. The molecule has 2 bridgehead atoms. The second kappa shape index (κ2) is 19.2. The van der Waals surface area contributed by atoms with E-state index in [9.17, 15) is 29.7 Å². The van der Waals surface area contributed by atoms with Crippen LogP contribution in [0.2, 0.25) is 0 Å². The van der Waals surface area contributed by atoms with Gasteiger partial charge >= 0.3 is 17.9 Å². The number of carbonyl (C=O) groups is 3. The maximum Gasteiger partial charge on any atom is 0.330 e. The molecule has 0 spiro atoms. The van der Waals surface area contributed by atoms with E-state index in [0.717, 1.165) is 6.08 Å². The summed E-state index contributed by atoms with van der Waals surface area (Å²) >= 11 is 0. The molecule has 13 nitrogen and oxygen atoms in total. The molecule has 262 valence electrons. The fraction of sp³-hybridized carbons (Fsp3) is 0.727. The molecular weight excluding hydrogens is 604 g/mol. The van der Waals surface area contributed by atoms with Crippen molar-refractivity contribution in [1.29, 1.82) is 0 Å². The standard InChI is InChI=1S/C33H52O13/c1-7-9-25-20-26-14-17-42-16-13-24(36)19-29(38)44-27(21-34)11-8-10-23(18-28(37)40-5)31(43-22(2)35)33(39,41-6)32(3,4)15-12-30(45-25)46-26/h7,12,15,18,24-27,30-31,34,36,39H,1,8-11,13-14,16-17,19-21H2,2-6H3/b15-12+,23-18+/t24-,25+,26-,27-,30+,31+,33-/m1/s1. The maximum atomic E-state index is 12.5. The Bertz CT molecular complexity index is 1050. The van der Waals surface area contributed by atoms with Crippen LogP contribution < -0.4 is 0 Å². The van der Waals surface area contributed by atoms with Gasteiger partial charge in [-0.15, -0.1) is 6.58 Å². The van der Waals surface area contributed by atoms with Gasteiger partial charge in [-0.05, 0) is 50.2 Å². The summed E-state index contributed by atoms with van der Waals surface area (Å²) in [5, 5.41) is 32.3. The van der Waals surface area contributed by atoms with Crippen LogP contribution in [0.1, 0.15) is 72.1 Å². The van der Waals surface area contributed by atoms with E-state index in [-0.39, 0.29) is 56.5 Å². The third kappa shape index (κ3) is 12.2. The molecule has 1 fully saturated rings. The maximum absolute atomic E-state index is 12.5. The Morgan fingerprint density at radius 3 is 2.48 bits per heavy atom. The van der Waals surface area contributed by atoms with Crippen molar-refractivity contribution >= 4 is 17.9 Å². The summed E-state index contributed by atoms with van der Waals surface area (Å²) in [7, 11) is 2.44. The van der Waals surface area contributed by atoms with Gasteiger partial charge in [0, 0.05) is 45.2 Å². The first-order valence-electron chi connectivity index (χ1n) is 15.7. The van der Waals surface area contributed by atoms with Gasteiger partial charge in [0.05, 0.1) is 38.4 Å². The fourth-order valence-corrected chi connectivity index (χ4v) is 5.42. The average Bonchev–Trinajstić information content (AvgIpc) is 3.00.